The standard InChI is InChI=1S/C18H34F3N5.HI/c1-2-22-17(23-9-7-12-25-10-5-3-4-6-11-25)24-16-8-13-26(14-16)15-18(19,20)21;/h16H,2-15H2,1H3,(H2,22,23,24);1H. The number of rotatable bonds is 7. The van der Waals surface area contributed by atoms with Gasteiger partial charge in [-0.1, -0.05) is 12.8 Å². The van der Waals surface area contributed by atoms with Crippen molar-refractivity contribution in [3.8, 4) is 0 Å². The van der Waals surface area contributed by atoms with Gasteiger partial charge in [0.25, 0.3) is 0 Å². The van der Waals surface area contributed by atoms with Gasteiger partial charge in [-0.3, -0.25) is 9.89 Å². The van der Waals surface area contributed by atoms with Gasteiger partial charge in [-0.05, 0) is 52.2 Å². The number of nitrogens with one attached hydrogen (secondary N) is 2. The predicted molar refractivity (Wildman–Crippen MR) is 115 cm³/mol. The summed E-state index contributed by atoms with van der Waals surface area (Å²) in [5, 5.41) is 6.50. The Labute approximate surface area is 178 Å². The number of halogens is 4. The maximum Gasteiger partial charge on any atom is 0.401 e. The minimum absolute atomic E-state index is 0. The van der Waals surface area contributed by atoms with Crippen molar-refractivity contribution < 1.29 is 13.2 Å². The van der Waals surface area contributed by atoms with E-state index in [1.54, 1.807) is 0 Å². The van der Waals surface area contributed by atoms with E-state index in [0.717, 1.165) is 32.0 Å². The summed E-state index contributed by atoms with van der Waals surface area (Å²) < 4.78 is 37.5. The largest absolute Gasteiger partial charge is 0.401 e. The summed E-state index contributed by atoms with van der Waals surface area (Å²) >= 11 is 0. The van der Waals surface area contributed by atoms with Crippen LogP contribution >= 0.6 is 24.0 Å². The normalized spacial score (nSPS) is 23.0. The topological polar surface area (TPSA) is 42.9 Å². The first-order valence-electron chi connectivity index (χ1n) is 10.0. The van der Waals surface area contributed by atoms with Gasteiger partial charge >= 0.3 is 6.18 Å². The van der Waals surface area contributed by atoms with Gasteiger partial charge in [-0.2, -0.15) is 13.2 Å². The summed E-state index contributed by atoms with van der Waals surface area (Å²) in [7, 11) is 0. The van der Waals surface area contributed by atoms with Crippen LogP contribution in [0.25, 0.3) is 0 Å². The van der Waals surface area contributed by atoms with Crippen molar-refractivity contribution in [1.29, 1.82) is 0 Å². The van der Waals surface area contributed by atoms with E-state index in [-0.39, 0.29) is 30.0 Å². The SMILES string of the molecule is CCNC(=NCCCN1CCCCCC1)NC1CCN(CC(F)(F)F)C1.I. The lowest BCUT2D eigenvalue weighted by Crippen LogP contribution is -2.45. The Hall–Kier alpha value is -0.290. The van der Waals surface area contributed by atoms with E-state index >= 15 is 0 Å². The van der Waals surface area contributed by atoms with Crippen molar-refractivity contribution in [3.63, 3.8) is 0 Å². The van der Waals surface area contributed by atoms with Crippen LogP contribution in [0.2, 0.25) is 0 Å². The Balaban J connectivity index is 0.00000364. The van der Waals surface area contributed by atoms with Crippen molar-refractivity contribution in [3.05, 3.63) is 0 Å². The molecule has 2 N–H and O–H groups in total. The van der Waals surface area contributed by atoms with Crippen molar-refractivity contribution in [2.45, 2.75) is 57.7 Å². The Morgan fingerprint density at radius 3 is 2.41 bits per heavy atom. The lowest BCUT2D eigenvalue weighted by molar-refractivity contribution is -0.143. The molecule has 2 aliphatic heterocycles. The highest BCUT2D eigenvalue weighted by molar-refractivity contribution is 14.0. The van der Waals surface area contributed by atoms with Gasteiger partial charge in [0.1, 0.15) is 0 Å². The summed E-state index contributed by atoms with van der Waals surface area (Å²) in [4.78, 5) is 8.59. The maximum absolute atomic E-state index is 12.5. The average molecular weight is 505 g/mol. The summed E-state index contributed by atoms with van der Waals surface area (Å²) in [5.41, 5.74) is 0. The van der Waals surface area contributed by atoms with Crippen LogP contribution in [0.1, 0.15) is 45.4 Å². The first-order chi connectivity index (χ1) is 12.5. The number of hydrogen-bond donors (Lipinski definition) is 2. The lowest BCUT2D eigenvalue weighted by atomic mass is 10.2. The van der Waals surface area contributed by atoms with Gasteiger partial charge in [-0.15, -0.1) is 24.0 Å². The third-order valence-corrected chi connectivity index (χ3v) is 4.96. The van der Waals surface area contributed by atoms with Crippen molar-refractivity contribution in [2.24, 2.45) is 4.99 Å². The van der Waals surface area contributed by atoms with Gasteiger partial charge in [0.2, 0.25) is 0 Å². The molecule has 0 aromatic heterocycles. The van der Waals surface area contributed by atoms with E-state index < -0.39 is 12.7 Å². The molecule has 2 rings (SSSR count). The van der Waals surface area contributed by atoms with E-state index in [0.29, 0.717) is 19.5 Å². The number of likely N-dealkylation sites (tertiary alicyclic amines) is 2. The molecule has 0 radical (unpaired) electrons. The van der Waals surface area contributed by atoms with Crippen LogP contribution < -0.4 is 10.6 Å². The van der Waals surface area contributed by atoms with Crippen LogP contribution in [0, 0.1) is 0 Å². The highest BCUT2D eigenvalue weighted by atomic mass is 127. The Bertz CT molecular complexity index is 426. The van der Waals surface area contributed by atoms with Gasteiger partial charge < -0.3 is 15.5 Å². The van der Waals surface area contributed by atoms with Gasteiger partial charge in [0.15, 0.2) is 5.96 Å². The molecule has 0 aromatic carbocycles. The molecule has 2 fully saturated rings. The van der Waals surface area contributed by atoms with E-state index in [4.69, 9.17) is 0 Å². The van der Waals surface area contributed by atoms with Gasteiger partial charge in [0.05, 0.1) is 6.54 Å². The monoisotopic (exact) mass is 505 g/mol. The molecule has 0 aromatic rings. The number of alkyl halides is 3. The van der Waals surface area contributed by atoms with Crippen molar-refractivity contribution in [2.75, 3.05) is 52.4 Å². The maximum atomic E-state index is 12.5. The van der Waals surface area contributed by atoms with E-state index in [1.165, 1.54) is 43.7 Å². The third kappa shape index (κ3) is 10.7. The van der Waals surface area contributed by atoms with Crippen LogP contribution in [-0.4, -0.2) is 80.3 Å². The second-order valence-corrected chi connectivity index (χ2v) is 7.35. The second kappa shape index (κ2) is 13.0. The number of hydrogen-bond acceptors (Lipinski definition) is 3. The average Bonchev–Trinajstić information content (AvgIpc) is 2.82. The smallest absolute Gasteiger partial charge is 0.357 e. The van der Waals surface area contributed by atoms with Crippen LogP contribution in [-0.2, 0) is 0 Å². The molecule has 2 saturated heterocycles. The molecule has 5 nitrogen and oxygen atoms in total. The summed E-state index contributed by atoms with van der Waals surface area (Å²) in [5.74, 6) is 0.724. The fourth-order valence-electron chi connectivity index (χ4n) is 3.71. The summed E-state index contributed by atoms with van der Waals surface area (Å²) in [6.45, 7) is 7.02. The zero-order valence-corrected chi connectivity index (χ0v) is 18.7. The highest BCUT2D eigenvalue weighted by Gasteiger charge is 2.34. The summed E-state index contributed by atoms with van der Waals surface area (Å²) in [6, 6.07) is 0.0285. The fourth-order valence-corrected chi connectivity index (χ4v) is 3.71. The van der Waals surface area contributed by atoms with Crippen LogP contribution in [0.5, 0.6) is 0 Å². The van der Waals surface area contributed by atoms with E-state index in [2.05, 4.69) is 20.5 Å². The number of guanidine groups is 1. The Morgan fingerprint density at radius 1 is 1.07 bits per heavy atom. The molecule has 0 bridgehead atoms. The minimum atomic E-state index is -4.12. The molecular weight excluding hydrogens is 470 g/mol. The van der Waals surface area contributed by atoms with Crippen LogP contribution in [0.4, 0.5) is 13.2 Å². The molecule has 0 saturated carbocycles. The zero-order valence-electron chi connectivity index (χ0n) is 16.4. The van der Waals surface area contributed by atoms with Crippen LogP contribution in [0.3, 0.4) is 0 Å². The molecule has 9 heteroatoms. The molecular formula is C18H35F3IN5. The highest BCUT2D eigenvalue weighted by Crippen LogP contribution is 2.19. The molecule has 0 amide bonds. The molecule has 160 valence electrons. The second-order valence-electron chi connectivity index (χ2n) is 7.35. The number of nitrogens with zero attached hydrogens (tertiary/aromatic N) is 3. The Kier molecular flexibility index (Phi) is 11.9. The molecule has 0 aliphatic carbocycles. The van der Waals surface area contributed by atoms with Crippen LogP contribution in [0.15, 0.2) is 4.99 Å². The first-order valence-corrected chi connectivity index (χ1v) is 10.0. The minimum Gasteiger partial charge on any atom is -0.357 e. The van der Waals surface area contributed by atoms with Gasteiger partial charge in [-0.25, -0.2) is 0 Å². The van der Waals surface area contributed by atoms with Crippen molar-refractivity contribution in [1.82, 2.24) is 20.4 Å². The quantitative estimate of drug-likeness (QED) is 0.242. The molecule has 2 aliphatic rings. The molecule has 1 atom stereocenters. The zero-order chi connectivity index (χ0) is 18.8. The van der Waals surface area contributed by atoms with E-state index in [9.17, 15) is 13.2 Å². The predicted octanol–water partition coefficient (Wildman–Crippen LogP) is 3.06. The molecule has 2 heterocycles. The third-order valence-electron chi connectivity index (χ3n) is 4.96. The van der Waals surface area contributed by atoms with E-state index in [1.807, 2.05) is 6.92 Å². The fraction of sp³-hybridized carbons (Fsp3) is 0.944. The number of aliphatic imine (C=N–C) groups is 1. The Morgan fingerprint density at radius 2 is 1.78 bits per heavy atom. The van der Waals surface area contributed by atoms with Gasteiger partial charge in [0, 0.05) is 32.2 Å². The lowest BCUT2D eigenvalue weighted by Gasteiger charge is -2.20. The van der Waals surface area contributed by atoms with Crippen molar-refractivity contribution >= 4 is 29.9 Å². The molecule has 1 unspecified atom stereocenters. The summed E-state index contributed by atoms with van der Waals surface area (Å²) in [6.07, 6.45) is 2.88. The molecule has 27 heavy (non-hydrogen) atoms. The first kappa shape index (κ1) is 24.7. The molecule has 0 spiro atoms.